The normalized spacial score (nSPS) is 21.5. The molecule has 1 atom stereocenters. The van der Waals surface area contributed by atoms with Crippen LogP contribution in [0.1, 0.15) is 30.2 Å². The molecule has 1 heterocycles. The Hall–Kier alpha value is -1.03. The van der Waals surface area contributed by atoms with Crippen molar-refractivity contribution in [2.24, 2.45) is 0 Å². The van der Waals surface area contributed by atoms with Gasteiger partial charge in [-0.05, 0) is 19.9 Å². The molecule has 0 aliphatic heterocycles. The van der Waals surface area contributed by atoms with Crippen LogP contribution in [0.15, 0.2) is 4.42 Å². The number of oxazole rings is 1. The molecule has 1 aromatic rings. The van der Waals surface area contributed by atoms with Crippen LogP contribution in [0.2, 0.25) is 0 Å². The van der Waals surface area contributed by atoms with Gasteiger partial charge in [-0.15, -0.1) is 0 Å². The summed E-state index contributed by atoms with van der Waals surface area (Å²) in [7, 11) is 1.96. The van der Waals surface area contributed by atoms with E-state index in [2.05, 4.69) is 10.3 Å². The molecule has 4 heteroatoms. The molecule has 0 spiro atoms. The molecule has 0 amide bonds. The van der Waals surface area contributed by atoms with Gasteiger partial charge in [0, 0.05) is 18.9 Å². The molecule has 13 heavy (non-hydrogen) atoms. The molecule has 4 nitrogen and oxygen atoms in total. The molecule has 0 aromatic carbocycles. The summed E-state index contributed by atoms with van der Waals surface area (Å²) in [5, 5.41) is 3.17. The fourth-order valence-electron chi connectivity index (χ4n) is 1.97. The highest BCUT2D eigenvalue weighted by Gasteiger charge is 2.24. The summed E-state index contributed by atoms with van der Waals surface area (Å²) in [6.07, 6.45) is 3.34. The number of aryl methyl sites for hydroxylation is 1. The van der Waals surface area contributed by atoms with Gasteiger partial charge >= 0.3 is 0 Å². The maximum atomic E-state index is 5.52. The quantitative estimate of drug-likeness (QED) is 0.711. The lowest BCUT2D eigenvalue weighted by Gasteiger charge is -2.19. The zero-order chi connectivity index (χ0) is 9.26. The van der Waals surface area contributed by atoms with Crippen LogP contribution in [0, 0.1) is 0 Å². The summed E-state index contributed by atoms with van der Waals surface area (Å²) >= 11 is 0. The van der Waals surface area contributed by atoms with E-state index < -0.39 is 0 Å². The summed E-state index contributed by atoms with van der Waals surface area (Å²) < 4.78 is 5.32. The maximum Gasteiger partial charge on any atom is 0.292 e. The van der Waals surface area contributed by atoms with Gasteiger partial charge in [0.05, 0.1) is 5.69 Å². The number of nitrogen functional groups attached to an aromatic ring is 1. The number of rotatable bonds is 2. The minimum absolute atomic E-state index is 0.313. The van der Waals surface area contributed by atoms with Crippen LogP contribution in [0.4, 0.5) is 6.01 Å². The third-order valence-electron chi connectivity index (χ3n) is 2.54. The van der Waals surface area contributed by atoms with E-state index in [1.54, 1.807) is 0 Å². The van der Waals surface area contributed by atoms with Crippen molar-refractivity contribution in [3.05, 3.63) is 11.5 Å². The molecule has 2 rings (SSSR count). The molecule has 0 radical (unpaired) electrons. The van der Waals surface area contributed by atoms with E-state index in [1.807, 2.05) is 7.05 Å². The number of fused-ring (bicyclic) bond motifs is 1. The molecule has 72 valence electrons. The van der Waals surface area contributed by atoms with Crippen molar-refractivity contribution in [2.45, 2.75) is 25.2 Å². The van der Waals surface area contributed by atoms with E-state index in [9.17, 15) is 0 Å². The Balaban J connectivity index is 2.25. The number of anilines is 1. The third kappa shape index (κ3) is 1.54. The number of hydrogen-bond acceptors (Lipinski definition) is 4. The lowest BCUT2D eigenvalue weighted by molar-refractivity contribution is 0.450. The Bertz CT molecular complexity index is 295. The van der Waals surface area contributed by atoms with Crippen LogP contribution in [0.3, 0.4) is 0 Å². The zero-order valence-corrected chi connectivity index (χ0v) is 7.84. The van der Waals surface area contributed by atoms with Crippen molar-refractivity contribution in [1.29, 1.82) is 0 Å². The molecular formula is C9H15N3O. The first-order valence-electron chi connectivity index (χ1n) is 4.71. The third-order valence-corrected chi connectivity index (χ3v) is 2.54. The van der Waals surface area contributed by atoms with Crippen molar-refractivity contribution >= 4 is 6.01 Å². The van der Waals surface area contributed by atoms with Gasteiger partial charge < -0.3 is 15.5 Å². The highest BCUT2D eigenvalue weighted by molar-refractivity contribution is 5.25. The number of likely N-dealkylation sites (N-methyl/N-ethyl adjacent to an activating group) is 1. The van der Waals surface area contributed by atoms with Gasteiger partial charge in [0.2, 0.25) is 0 Å². The molecule has 0 bridgehead atoms. The number of aromatic nitrogens is 1. The Labute approximate surface area is 77.5 Å². The van der Waals surface area contributed by atoms with Gasteiger partial charge in [0.15, 0.2) is 0 Å². The van der Waals surface area contributed by atoms with E-state index in [0.29, 0.717) is 11.9 Å². The van der Waals surface area contributed by atoms with Crippen molar-refractivity contribution < 1.29 is 4.42 Å². The summed E-state index contributed by atoms with van der Waals surface area (Å²) in [6, 6.07) is 0.313. The minimum atomic E-state index is 0.313. The second-order valence-electron chi connectivity index (χ2n) is 3.51. The SMILES string of the molecule is CNCC1CCCc2oc(N)nc21. The van der Waals surface area contributed by atoms with Gasteiger partial charge in [-0.1, -0.05) is 0 Å². The van der Waals surface area contributed by atoms with Crippen molar-refractivity contribution in [3.8, 4) is 0 Å². The second kappa shape index (κ2) is 3.38. The monoisotopic (exact) mass is 181 g/mol. The molecule has 0 saturated carbocycles. The fourth-order valence-corrected chi connectivity index (χ4v) is 1.97. The van der Waals surface area contributed by atoms with Crippen molar-refractivity contribution in [3.63, 3.8) is 0 Å². The average molecular weight is 181 g/mol. The van der Waals surface area contributed by atoms with Crippen LogP contribution in [0.5, 0.6) is 0 Å². The first-order chi connectivity index (χ1) is 6.31. The van der Waals surface area contributed by atoms with E-state index in [4.69, 9.17) is 10.2 Å². The molecule has 3 N–H and O–H groups in total. The van der Waals surface area contributed by atoms with Crippen LogP contribution in [0.25, 0.3) is 0 Å². The topological polar surface area (TPSA) is 64.1 Å². The molecule has 0 saturated heterocycles. The largest absolute Gasteiger partial charge is 0.429 e. The molecule has 1 aliphatic carbocycles. The van der Waals surface area contributed by atoms with Crippen LogP contribution >= 0.6 is 0 Å². The van der Waals surface area contributed by atoms with Gasteiger partial charge in [-0.3, -0.25) is 0 Å². The summed E-state index contributed by atoms with van der Waals surface area (Å²) in [5.74, 6) is 1.47. The highest BCUT2D eigenvalue weighted by Crippen LogP contribution is 2.31. The number of hydrogen-bond donors (Lipinski definition) is 2. The highest BCUT2D eigenvalue weighted by atomic mass is 16.4. The predicted octanol–water partition coefficient (Wildman–Crippen LogP) is 0.896. The molecular weight excluding hydrogens is 166 g/mol. The smallest absolute Gasteiger partial charge is 0.292 e. The lowest BCUT2D eigenvalue weighted by Crippen LogP contribution is -2.21. The molecule has 1 aromatic heterocycles. The molecule has 0 fully saturated rings. The average Bonchev–Trinajstić information content (AvgIpc) is 2.47. The first kappa shape index (κ1) is 8.56. The molecule has 1 aliphatic rings. The van der Waals surface area contributed by atoms with Crippen molar-refractivity contribution in [1.82, 2.24) is 10.3 Å². The van der Waals surface area contributed by atoms with E-state index in [-0.39, 0.29) is 0 Å². The number of nitrogens with one attached hydrogen (secondary N) is 1. The van der Waals surface area contributed by atoms with E-state index in [1.165, 1.54) is 12.8 Å². The summed E-state index contributed by atoms with van der Waals surface area (Å²) in [6.45, 7) is 0.957. The Morgan fingerprint density at radius 1 is 1.69 bits per heavy atom. The van der Waals surface area contributed by atoms with Crippen LogP contribution < -0.4 is 11.1 Å². The predicted molar refractivity (Wildman–Crippen MR) is 50.5 cm³/mol. The second-order valence-corrected chi connectivity index (χ2v) is 3.51. The van der Waals surface area contributed by atoms with Crippen LogP contribution in [-0.4, -0.2) is 18.6 Å². The van der Waals surface area contributed by atoms with Gasteiger partial charge in [-0.2, -0.15) is 4.98 Å². The summed E-state index contributed by atoms with van der Waals surface area (Å²) in [4.78, 5) is 4.22. The molecule has 1 unspecified atom stereocenters. The first-order valence-corrected chi connectivity index (χ1v) is 4.71. The Morgan fingerprint density at radius 2 is 2.54 bits per heavy atom. The number of nitrogens with zero attached hydrogens (tertiary/aromatic N) is 1. The van der Waals surface area contributed by atoms with Crippen molar-refractivity contribution in [2.75, 3.05) is 19.3 Å². The van der Waals surface area contributed by atoms with Gasteiger partial charge in [0.1, 0.15) is 5.76 Å². The zero-order valence-electron chi connectivity index (χ0n) is 7.84. The summed E-state index contributed by atoms with van der Waals surface area (Å²) in [5.41, 5.74) is 6.59. The maximum absolute atomic E-state index is 5.52. The lowest BCUT2D eigenvalue weighted by atomic mass is 9.90. The van der Waals surface area contributed by atoms with E-state index in [0.717, 1.165) is 24.4 Å². The van der Waals surface area contributed by atoms with Gasteiger partial charge in [-0.25, -0.2) is 0 Å². The standard InChI is InChI=1S/C9H15N3O/c1-11-5-6-3-2-4-7-8(6)12-9(10)13-7/h6,11H,2-5H2,1H3,(H2,10,12). The van der Waals surface area contributed by atoms with E-state index >= 15 is 0 Å². The van der Waals surface area contributed by atoms with Crippen LogP contribution in [-0.2, 0) is 6.42 Å². The minimum Gasteiger partial charge on any atom is -0.429 e. The Morgan fingerprint density at radius 3 is 3.31 bits per heavy atom. The van der Waals surface area contributed by atoms with Gasteiger partial charge in [0.25, 0.3) is 6.01 Å². The number of nitrogens with two attached hydrogens (primary N) is 1. The Kier molecular flexibility index (Phi) is 2.22. The fraction of sp³-hybridized carbons (Fsp3) is 0.667.